The largest absolute Gasteiger partial charge is 0.493 e. The molecule has 3 heterocycles. The summed E-state index contributed by atoms with van der Waals surface area (Å²) in [5.41, 5.74) is 3.17. The zero-order valence-corrected chi connectivity index (χ0v) is 21.3. The van der Waals surface area contributed by atoms with Crippen LogP contribution in [0.2, 0.25) is 0 Å². The van der Waals surface area contributed by atoms with Crippen LogP contribution in [0.15, 0.2) is 43.1 Å². The van der Waals surface area contributed by atoms with E-state index in [1.807, 2.05) is 24.0 Å². The Bertz CT molecular complexity index is 1300. The van der Waals surface area contributed by atoms with E-state index in [0.29, 0.717) is 37.7 Å². The summed E-state index contributed by atoms with van der Waals surface area (Å²) >= 11 is 0. The first kappa shape index (κ1) is 25.6. The van der Waals surface area contributed by atoms with E-state index < -0.39 is 10.0 Å². The Hall–Kier alpha value is -3.51. The molecule has 0 spiro atoms. The van der Waals surface area contributed by atoms with Gasteiger partial charge in [-0.25, -0.2) is 23.1 Å². The fourth-order valence-corrected chi connectivity index (χ4v) is 4.52. The van der Waals surface area contributed by atoms with E-state index in [9.17, 15) is 13.2 Å². The third kappa shape index (κ3) is 7.01. The summed E-state index contributed by atoms with van der Waals surface area (Å²) in [7, 11) is -3.29. The average Bonchev–Trinajstić information content (AvgIpc) is 3.53. The highest BCUT2D eigenvalue weighted by Crippen LogP contribution is 2.26. The molecule has 3 aromatic rings. The molecule has 2 aromatic heterocycles. The van der Waals surface area contributed by atoms with E-state index >= 15 is 0 Å². The third-order valence-corrected chi connectivity index (χ3v) is 6.49. The number of nitrogens with zero attached hydrogens (tertiary/aromatic N) is 5. The van der Waals surface area contributed by atoms with E-state index in [1.54, 1.807) is 29.5 Å². The lowest BCUT2D eigenvalue weighted by atomic mass is 10.1. The summed E-state index contributed by atoms with van der Waals surface area (Å²) < 4.78 is 32.6. The zero-order chi connectivity index (χ0) is 25.5. The van der Waals surface area contributed by atoms with Gasteiger partial charge < -0.3 is 15.0 Å². The van der Waals surface area contributed by atoms with Gasteiger partial charge in [0.15, 0.2) is 0 Å². The van der Waals surface area contributed by atoms with Gasteiger partial charge in [0.25, 0.3) is 0 Å². The molecule has 0 radical (unpaired) electrons. The standard InChI is InChI=1S/C24H31N7O4S/c1-18-15-27-24(31-12-10-25-17-31)29-23(18)30(11-3-8-28-36(2,33)34)16-22(32)26-9-6-19-4-5-21-20(14-19)7-13-35-21/h4-5,10,12,14-15,17,28H,3,6-9,11,13,16H2,1-2H3,(H,26,32). The second-order valence-electron chi connectivity index (χ2n) is 8.73. The molecule has 0 atom stereocenters. The van der Waals surface area contributed by atoms with Gasteiger partial charge in [0, 0.05) is 50.2 Å². The summed E-state index contributed by atoms with van der Waals surface area (Å²) in [5, 5.41) is 2.99. The fraction of sp³-hybridized carbons (Fsp3) is 0.417. The lowest BCUT2D eigenvalue weighted by Gasteiger charge is -2.25. The van der Waals surface area contributed by atoms with Crippen molar-refractivity contribution < 1.29 is 17.9 Å². The average molecular weight is 514 g/mol. The molecule has 192 valence electrons. The summed E-state index contributed by atoms with van der Waals surface area (Å²) in [6, 6.07) is 6.15. The molecular weight excluding hydrogens is 482 g/mol. The van der Waals surface area contributed by atoms with E-state index in [-0.39, 0.29) is 19.0 Å². The number of aromatic nitrogens is 4. The lowest BCUT2D eigenvalue weighted by molar-refractivity contribution is -0.119. The van der Waals surface area contributed by atoms with E-state index in [2.05, 4.69) is 31.1 Å². The SMILES string of the molecule is Cc1cnc(-n2ccnc2)nc1N(CCCNS(C)(=O)=O)CC(=O)NCCc1ccc2c(c1)CCO2. The molecule has 0 bridgehead atoms. The predicted molar refractivity (Wildman–Crippen MR) is 136 cm³/mol. The highest BCUT2D eigenvalue weighted by molar-refractivity contribution is 7.88. The van der Waals surface area contributed by atoms with Gasteiger partial charge in [0.2, 0.25) is 21.9 Å². The molecule has 12 heteroatoms. The molecule has 0 saturated heterocycles. The highest BCUT2D eigenvalue weighted by Gasteiger charge is 2.17. The van der Waals surface area contributed by atoms with Crippen LogP contribution >= 0.6 is 0 Å². The molecule has 0 saturated carbocycles. The molecule has 36 heavy (non-hydrogen) atoms. The number of fused-ring (bicyclic) bond motifs is 1. The Morgan fingerprint density at radius 1 is 1.28 bits per heavy atom. The van der Waals surface area contributed by atoms with Crippen molar-refractivity contribution in [3.63, 3.8) is 0 Å². The van der Waals surface area contributed by atoms with Crippen LogP contribution in [-0.2, 0) is 27.7 Å². The number of rotatable bonds is 12. The summed E-state index contributed by atoms with van der Waals surface area (Å²) in [4.78, 5) is 27.8. The molecule has 0 unspecified atom stereocenters. The molecule has 1 amide bonds. The number of amides is 1. The van der Waals surface area contributed by atoms with E-state index in [4.69, 9.17) is 4.74 Å². The van der Waals surface area contributed by atoms with Crippen molar-refractivity contribution >= 4 is 21.7 Å². The fourth-order valence-electron chi connectivity index (χ4n) is 4.00. The molecule has 0 aliphatic carbocycles. The number of ether oxygens (including phenoxy) is 1. The van der Waals surface area contributed by atoms with Gasteiger partial charge in [-0.15, -0.1) is 0 Å². The molecule has 11 nitrogen and oxygen atoms in total. The monoisotopic (exact) mass is 513 g/mol. The molecule has 1 aliphatic rings. The van der Waals surface area contributed by atoms with Gasteiger partial charge >= 0.3 is 0 Å². The van der Waals surface area contributed by atoms with Gasteiger partial charge in [-0.1, -0.05) is 12.1 Å². The smallest absolute Gasteiger partial charge is 0.239 e. The van der Waals surface area contributed by atoms with Crippen LogP contribution in [-0.4, -0.2) is 72.9 Å². The predicted octanol–water partition coefficient (Wildman–Crippen LogP) is 1.01. The first-order chi connectivity index (χ1) is 17.3. The number of benzene rings is 1. The second-order valence-corrected chi connectivity index (χ2v) is 10.6. The van der Waals surface area contributed by atoms with Gasteiger partial charge in [-0.3, -0.25) is 9.36 Å². The third-order valence-electron chi connectivity index (χ3n) is 5.76. The van der Waals surface area contributed by atoms with Crippen molar-refractivity contribution in [3.05, 3.63) is 59.8 Å². The molecular formula is C24H31N7O4S. The van der Waals surface area contributed by atoms with Crippen LogP contribution in [0.5, 0.6) is 5.75 Å². The molecule has 1 aromatic carbocycles. The number of sulfonamides is 1. The van der Waals surface area contributed by atoms with Crippen molar-refractivity contribution in [2.45, 2.75) is 26.2 Å². The normalized spacial score (nSPS) is 12.7. The van der Waals surface area contributed by atoms with E-state index in [1.165, 1.54) is 5.56 Å². The molecule has 1 aliphatic heterocycles. The first-order valence-electron chi connectivity index (χ1n) is 11.8. The number of nitrogens with one attached hydrogen (secondary N) is 2. The van der Waals surface area contributed by atoms with Gasteiger partial charge in [0.1, 0.15) is 17.9 Å². The Balaban J connectivity index is 1.41. The summed E-state index contributed by atoms with van der Waals surface area (Å²) in [6.07, 6.45) is 9.94. The Labute approximate surface area is 211 Å². The number of carbonyl (C=O) groups is 1. The molecule has 0 fully saturated rings. The number of imidazole rings is 1. The number of carbonyl (C=O) groups excluding carboxylic acids is 1. The topological polar surface area (TPSA) is 131 Å². The Morgan fingerprint density at radius 2 is 2.14 bits per heavy atom. The maximum absolute atomic E-state index is 12.9. The van der Waals surface area contributed by atoms with Gasteiger partial charge in [-0.2, -0.15) is 4.98 Å². The van der Waals surface area contributed by atoms with Crippen LogP contribution in [0.1, 0.15) is 23.1 Å². The zero-order valence-electron chi connectivity index (χ0n) is 20.5. The number of hydrogen-bond acceptors (Lipinski definition) is 8. The minimum Gasteiger partial charge on any atom is -0.493 e. The van der Waals surface area contributed by atoms with Crippen LogP contribution < -0.4 is 19.7 Å². The maximum Gasteiger partial charge on any atom is 0.239 e. The van der Waals surface area contributed by atoms with Gasteiger partial charge in [-0.05, 0) is 37.0 Å². The highest BCUT2D eigenvalue weighted by atomic mass is 32.2. The summed E-state index contributed by atoms with van der Waals surface area (Å²) in [6.45, 7) is 3.88. The lowest BCUT2D eigenvalue weighted by Crippen LogP contribution is -2.40. The minimum absolute atomic E-state index is 0.0815. The van der Waals surface area contributed by atoms with Gasteiger partial charge in [0.05, 0.1) is 19.4 Å². The first-order valence-corrected chi connectivity index (χ1v) is 13.7. The molecule has 2 N–H and O–H groups in total. The van der Waals surface area contributed by atoms with Crippen molar-refractivity contribution in [3.8, 4) is 11.7 Å². The van der Waals surface area contributed by atoms with Crippen LogP contribution in [0.4, 0.5) is 5.82 Å². The number of hydrogen-bond donors (Lipinski definition) is 2. The van der Waals surface area contributed by atoms with Crippen molar-refractivity contribution in [1.29, 1.82) is 0 Å². The second kappa shape index (κ2) is 11.5. The van der Waals surface area contributed by atoms with Crippen LogP contribution in [0.25, 0.3) is 5.95 Å². The van der Waals surface area contributed by atoms with Crippen molar-refractivity contribution in [2.75, 3.05) is 43.9 Å². The Kier molecular flexibility index (Phi) is 8.16. The molecule has 4 rings (SSSR count). The number of anilines is 1. The van der Waals surface area contributed by atoms with Crippen LogP contribution in [0, 0.1) is 6.92 Å². The maximum atomic E-state index is 12.9. The van der Waals surface area contributed by atoms with Crippen molar-refractivity contribution in [1.82, 2.24) is 29.6 Å². The minimum atomic E-state index is -3.29. The number of aryl methyl sites for hydroxylation is 1. The van der Waals surface area contributed by atoms with E-state index in [0.717, 1.165) is 36.2 Å². The Morgan fingerprint density at radius 3 is 2.92 bits per heavy atom. The van der Waals surface area contributed by atoms with Crippen molar-refractivity contribution in [2.24, 2.45) is 0 Å². The van der Waals surface area contributed by atoms with Crippen LogP contribution in [0.3, 0.4) is 0 Å². The summed E-state index contributed by atoms with van der Waals surface area (Å²) in [5.74, 6) is 1.85. The quantitative estimate of drug-likeness (QED) is 0.343.